The van der Waals surface area contributed by atoms with E-state index in [9.17, 15) is 5.26 Å². The lowest BCUT2D eigenvalue weighted by Gasteiger charge is -2.22. The Morgan fingerprint density at radius 2 is 1.23 bits per heavy atom. The van der Waals surface area contributed by atoms with Crippen molar-refractivity contribution in [2.24, 2.45) is 4.99 Å². The molecule has 2 aliphatic rings. The van der Waals surface area contributed by atoms with Gasteiger partial charge in [-0.05, 0) is 105 Å². The van der Waals surface area contributed by atoms with Gasteiger partial charge in [-0.2, -0.15) is 5.26 Å². The van der Waals surface area contributed by atoms with E-state index in [0.717, 1.165) is 71.8 Å². The van der Waals surface area contributed by atoms with Crippen LogP contribution in [0, 0.1) is 25.2 Å². The number of hydrogen-bond acceptors (Lipinski definition) is 3. The molecule has 0 unspecified atom stereocenters. The molecule has 4 nitrogen and oxygen atoms in total. The lowest BCUT2D eigenvalue weighted by atomic mass is 9.88. The summed E-state index contributed by atoms with van der Waals surface area (Å²) in [5, 5.41) is 11.5. The van der Waals surface area contributed by atoms with Gasteiger partial charge < -0.3 is 9.97 Å². The van der Waals surface area contributed by atoms with Crippen LogP contribution in [0.15, 0.2) is 132 Å². The molecule has 8 rings (SSSR count). The summed E-state index contributed by atoms with van der Waals surface area (Å²) in [6, 6.07) is 40.8. The third kappa shape index (κ3) is 5.12. The molecule has 0 atom stereocenters. The first-order chi connectivity index (χ1) is 23.3. The largest absolute Gasteiger partial charge is 0.358 e. The molecule has 2 aliphatic heterocycles. The number of H-pyrrole nitrogens is 2. The Morgan fingerprint density at radius 3 is 1.90 bits per heavy atom. The molecule has 0 aliphatic carbocycles. The van der Waals surface area contributed by atoms with Crippen LogP contribution in [0.5, 0.6) is 0 Å². The van der Waals surface area contributed by atoms with Gasteiger partial charge in [0, 0.05) is 54.0 Å². The van der Waals surface area contributed by atoms with Gasteiger partial charge in [-0.25, -0.2) is 4.99 Å². The number of benzene rings is 3. The van der Waals surface area contributed by atoms with Crippen molar-refractivity contribution in [2.75, 3.05) is 0 Å². The molecule has 5 heterocycles. The van der Waals surface area contributed by atoms with E-state index in [1.807, 2.05) is 24.3 Å². The number of allylic oxidation sites excluding steroid dienone is 2. The lowest BCUT2D eigenvalue weighted by molar-refractivity contribution is 0.634. The van der Waals surface area contributed by atoms with Gasteiger partial charge in [0.25, 0.3) is 0 Å². The van der Waals surface area contributed by atoms with Crippen molar-refractivity contribution in [2.45, 2.75) is 33.1 Å². The number of aliphatic imine (C=N–C) groups is 1. The number of nitrogens with zero attached hydrogens (tertiary/aromatic N) is 2. The number of rotatable bonds is 3. The van der Waals surface area contributed by atoms with Gasteiger partial charge in [0.2, 0.25) is 0 Å². The third-order valence-electron chi connectivity index (χ3n) is 9.46. The Bertz CT molecular complexity index is 2470. The highest BCUT2D eigenvalue weighted by Gasteiger charge is 2.29. The van der Waals surface area contributed by atoms with Gasteiger partial charge in [-0.15, -0.1) is 11.3 Å². The SMILES string of the molecule is Cc1ccc(/C2=c3\cc/c([nH]3)=C(\c3ccc(C)cc3)c3ccc([nH]3)C(C)(C)c3ccc(s3)/C(c3ccc(C#N)cc3)=C3/C=CC2=N3)cc1. The van der Waals surface area contributed by atoms with Gasteiger partial charge in [-0.1, -0.05) is 71.8 Å². The predicted octanol–water partition coefficient (Wildman–Crippen LogP) is 8.45. The van der Waals surface area contributed by atoms with Crippen LogP contribution in [0.4, 0.5) is 0 Å². The molecule has 0 radical (unpaired) electrons. The van der Waals surface area contributed by atoms with Gasteiger partial charge in [0.15, 0.2) is 0 Å². The zero-order valence-corrected chi connectivity index (χ0v) is 28.2. The second-order valence-corrected chi connectivity index (χ2v) is 14.2. The highest BCUT2D eigenvalue weighted by atomic mass is 32.1. The maximum atomic E-state index is 9.50. The van der Waals surface area contributed by atoms with E-state index in [1.165, 1.54) is 16.0 Å². The zero-order chi connectivity index (χ0) is 33.0. The Kier molecular flexibility index (Phi) is 7.13. The molecule has 48 heavy (non-hydrogen) atoms. The Hall–Kier alpha value is -5.70. The van der Waals surface area contributed by atoms with E-state index >= 15 is 0 Å². The summed E-state index contributed by atoms with van der Waals surface area (Å²) < 4.78 is 0. The van der Waals surface area contributed by atoms with Crippen LogP contribution in [0.2, 0.25) is 0 Å². The summed E-state index contributed by atoms with van der Waals surface area (Å²) in [5.74, 6) is 0. The van der Waals surface area contributed by atoms with Crippen molar-refractivity contribution in [1.82, 2.24) is 9.97 Å². The van der Waals surface area contributed by atoms with E-state index in [0.29, 0.717) is 5.56 Å². The molecule has 5 heteroatoms. The van der Waals surface area contributed by atoms with Crippen molar-refractivity contribution in [3.05, 3.63) is 192 Å². The van der Waals surface area contributed by atoms with Crippen molar-refractivity contribution < 1.29 is 0 Å². The molecule has 3 aromatic heterocycles. The number of nitriles is 1. The number of fused-ring (bicyclic) bond motifs is 7. The summed E-state index contributed by atoms with van der Waals surface area (Å²) >= 11 is 1.80. The van der Waals surface area contributed by atoms with Crippen LogP contribution in [0.1, 0.15) is 68.4 Å². The Balaban J connectivity index is 1.48. The average Bonchev–Trinajstić information content (AvgIpc) is 3.93. The standard InChI is InChI=1S/C43H34N4S/c1-26-5-11-29(12-6-26)40-32-17-18-34(45-32)41(30-13-7-27(2)8-14-30)35-21-23-38(47-35)43(3,4)39-24-22-37(48-39)42(36-20-19-33(40)46-36)31-15-9-28(25-44)10-16-31/h5-24,45,47H,1-4H3/b40-32-,41-34-,42-36-. The Labute approximate surface area is 284 Å². The summed E-state index contributed by atoms with van der Waals surface area (Å²) in [4.78, 5) is 15.4. The van der Waals surface area contributed by atoms with Crippen molar-refractivity contribution in [3.63, 3.8) is 0 Å². The molecule has 0 spiro atoms. The molecule has 0 saturated carbocycles. The number of nitrogens with one attached hydrogen (secondary N) is 2. The molecule has 8 bridgehead atoms. The Morgan fingerprint density at radius 1 is 0.625 bits per heavy atom. The minimum atomic E-state index is -0.274. The van der Waals surface area contributed by atoms with E-state index in [4.69, 9.17) is 4.99 Å². The molecule has 232 valence electrons. The van der Waals surface area contributed by atoms with E-state index < -0.39 is 0 Å². The molecule has 3 aromatic carbocycles. The normalized spacial score (nSPS) is 18.9. The van der Waals surface area contributed by atoms with Gasteiger partial charge in [-0.3, -0.25) is 0 Å². The van der Waals surface area contributed by atoms with E-state index in [2.05, 4.69) is 141 Å². The predicted molar refractivity (Wildman–Crippen MR) is 198 cm³/mol. The molecular weight excluding hydrogens is 605 g/mol. The first-order valence-electron chi connectivity index (χ1n) is 16.2. The lowest BCUT2D eigenvalue weighted by Crippen LogP contribution is -2.20. The number of aromatic nitrogens is 2. The monoisotopic (exact) mass is 638 g/mol. The fourth-order valence-corrected chi connectivity index (χ4v) is 7.84. The second kappa shape index (κ2) is 11.5. The van der Waals surface area contributed by atoms with Crippen molar-refractivity contribution >= 4 is 33.8 Å². The number of hydrogen-bond donors (Lipinski definition) is 2. The van der Waals surface area contributed by atoms with Crippen LogP contribution in [0.3, 0.4) is 0 Å². The summed E-state index contributed by atoms with van der Waals surface area (Å²) in [7, 11) is 0. The van der Waals surface area contributed by atoms with Crippen LogP contribution in [-0.2, 0) is 5.41 Å². The third-order valence-corrected chi connectivity index (χ3v) is 10.9. The molecule has 0 saturated heterocycles. The molecule has 0 fully saturated rings. The molecule has 0 amide bonds. The van der Waals surface area contributed by atoms with Gasteiger partial charge in [0.05, 0.1) is 23.0 Å². The molecule has 6 aromatic rings. The first kappa shape index (κ1) is 29.7. The highest BCUT2D eigenvalue weighted by Crippen LogP contribution is 2.41. The van der Waals surface area contributed by atoms with Gasteiger partial charge in [0.1, 0.15) is 0 Å². The zero-order valence-electron chi connectivity index (χ0n) is 27.3. The average molecular weight is 639 g/mol. The van der Waals surface area contributed by atoms with Gasteiger partial charge >= 0.3 is 0 Å². The summed E-state index contributed by atoms with van der Waals surface area (Å²) in [6.45, 7) is 8.80. The van der Waals surface area contributed by atoms with E-state index in [1.54, 1.807) is 11.3 Å². The fourth-order valence-electron chi connectivity index (χ4n) is 6.64. The second-order valence-electron chi connectivity index (χ2n) is 13.1. The smallest absolute Gasteiger partial charge is 0.0991 e. The van der Waals surface area contributed by atoms with Crippen LogP contribution >= 0.6 is 11.3 Å². The topological polar surface area (TPSA) is 67.7 Å². The first-order valence-corrected chi connectivity index (χ1v) is 17.0. The van der Waals surface area contributed by atoms with E-state index in [-0.39, 0.29) is 5.41 Å². The van der Waals surface area contributed by atoms with Crippen molar-refractivity contribution in [3.8, 4) is 6.07 Å². The minimum absolute atomic E-state index is 0.274. The fraction of sp³-hybridized carbons (Fsp3) is 0.116. The number of thiophene rings is 1. The van der Waals surface area contributed by atoms with Crippen LogP contribution in [-0.4, -0.2) is 15.7 Å². The number of aromatic amines is 2. The van der Waals surface area contributed by atoms with Crippen molar-refractivity contribution in [1.29, 1.82) is 5.26 Å². The molecule has 2 N–H and O–H groups in total. The number of aryl methyl sites for hydroxylation is 2. The van der Waals surface area contributed by atoms with Crippen LogP contribution in [0.25, 0.3) is 16.7 Å². The minimum Gasteiger partial charge on any atom is -0.358 e. The molecular formula is C43H34N4S. The van der Waals surface area contributed by atoms with Crippen LogP contribution < -0.4 is 10.7 Å². The maximum Gasteiger partial charge on any atom is 0.0991 e. The quantitative estimate of drug-likeness (QED) is 0.201. The maximum absolute atomic E-state index is 9.50. The highest BCUT2D eigenvalue weighted by molar-refractivity contribution is 7.13. The summed E-state index contributed by atoms with van der Waals surface area (Å²) in [6.07, 6.45) is 4.26. The summed E-state index contributed by atoms with van der Waals surface area (Å²) in [5.41, 5.74) is 13.3.